The van der Waals surface area contributed by atoms with Gasteiger partial charge in [0.2, 0.25) is 0 Å². The summed E-state index contributed by atoms with van der Waals surface area (Å²) in [6.07, 6.45) is 11.7. The number of allylic oxidation sites excluding steroid dienone is 2. The molecule has 1 aromatic rings. The lowest BCUT2D eigenvalue weighted by Crippen LogP contribution is -2.24. The second-order valence-corrected chi connectivity index (χ2v) is 5.78. The molecule has 2 rings (SSSR count). The summed E-state index contributed by atoms with van der Waals surface area (Å²) in [5.74, 6) is 1.33. The number of benzene rings is 1. The third-order valence-electron chi connectivity index (χ3n) is 4.28. The van der Waals surface area contributed by atoms with Crippen LogP contribution in [0, 0.1) is 11.8 Å². The number of nitrogens with one attached hydrogen (secondary N) is 1. The molecule has 0 aliphatic heterocycles. The van der Waals surface area contributed by atoms with Gasteiger partial charge in [-0.3, -0.25) is 0 Å². The molecule has 1 N–H and O–H groups in total. The highest BCUT2D eigenvalue weighted by Gasteiger charge is 2.13. The first kappa shape index (κ1) is 15.1. The Morgan fingerprint density at radius 3 is 2.50 bits per heavy atom. The van der Waals surface area contributed by atoms with Crippen LogP contribution in [0.3, 0.4) is 0 Å². The molecule has 0 bridgehead atoms. The first-order valence-corrected chi connectivity index (χ1v) is 7.90. The van der Waals surface area contributed by atoms with E-state index in [0.717, 1.165) is 13.0 Å². The number of aryl methyl sites for hydroxylation is 1. The smallest absolute Gasteiger partial charge is 0.0438 e. The molecule has 1 nitrogen and oxygen atoms in total. The van der Waals surface area contributed by atoms with Crippen LogP contribution in [0.15, 0.2) is 48.6 Å². The summed E-state index contributed by atoms with van der Waals surface area (Å²) in [6, 6.07) is 9.22. The molecule has 20 heavy (non-hydrogen) atoms. The van der Waals surface area contributed by atoms with Crippen LogP contribution in [-0.2, 0) is 13.0 Å². The summed E-state index contributed by atoms with van der Waals surface area (Å²) >= 11 is 0. The zero-order valence-corrected chi connectivity index (χ0v) is 13.0. The van der Waals surface area contributed by atoms with E-state index in [4.69, 9.17) is 0 Å². The van der Waals surface area contributed by atoms with Gasteiger partial charge in [0.15, 0.2) is 0 Å². The summed E-state index contributed by atoms with van der Waals surface area (Å²) in [4.78, 5) is 0. The molecule has 0 radical (unpaired) electrons. The highest BCUT2D eigenvalue weighted by molar-refractivity contribution is 5.24. The van der Waals surface area contributed by atoms with Gasteiger partial charge in [-0.1, -0.05) is 69.3 Å². The molecule has 0 saturated heterocycles. The van der Waals surface area contributed by atoms with Crippen LogP contribution in [0.4, 0.5) is 0 Å². The van der Waals surface area contributed by atoms with Crippen LogP contribution in [0.2, 0.25) is 0 Å². The van der Waals surface area contributed by atoms with Crippen LogP contribution in [0.1, 0.15) is 38.3 Å². The third kappa shape index (κ3) is 4.08. The number of hydrogen-bond donors (Lipinski definition) is 1. The quantitative estimate of drug-likeness (QED) is 0.776. The third-order valence-corrected chi connectivity index (χ3v) is 4.28. The Kier molecular flexibility index (Phi) is 5.60. The molecule has 0 fully saturated rings. The second kappa shape index (κ2) is 7.44. The molecule has 1 aliphatic rings. The fraction of sp³-hybridized carbons (Fsp3) is 0.474. The number of rotatable bonds is 5. The molecule has 1 aromatic carbocycles. The maximum atomic E-state index is 3.62. The predicted octanol–water partition coefficient (Wildman–Crippen LogP) is 4.50. The summed E-state index contributed by atoms with van der Waals surface area (Å²) in [5, 5.41) is 3.62. The van der Waals surface area contributed by atoms with Gasteiger partial charge in [-0.2, -0.15) is 0 Å². The fourth-order valence-electron chi connectivity index (χ4n) is 2.78. The first-order valence-electron chi connectivity index (χ1n) is 7.90. The van der Waals surface area contributed by atoms with E-state index < -0.39 is 0 Å². The Morgan fingerprint density at radius 1 is 1.00 bits per heavy atom. The Labute approximate surface area is 123 Å². The molecule has 0 heterocycles. The van der Waals surface area contributed by atoms with Crippen molar-refractivity contribution in [3.05, 3.63) is 59.7 Å². The van der Waals surface area contributed by atoms with E-state index in [0.29, 0.717) is 17.9 Å². The standard InChI is InChI=1S/C19H27N/c1-4-16-7-6-8-17(13-16)14-20-19-11-9-15(3)18(5-2)10-12-19/h6-13,15,18-20H,4-5,14H2,1-3H3. The van der Waals surface area contributed by atoms with Gasteiger partial charge in [-0.05, 0) is 35.8 Å². The van der Waals surface area contributed by atoms with Gasteiger partial charge in [0.1, 0.15) is 0 Å². The largest absolute Gasteiger partial charge is 0.303 e. The van der Waals surface area contributed by atoms with Gasteiger partial charge in [0, 0.05) is 12.6 Å². The van der Waals surface area contributed by atoms with Gasteiger partial charge in [-0.25, -0.2) is 0 Å². The maximum absolute atomic E-state index is 3.62. The van der Waals surface area contributed by atoms with Gasteiger partial charge in [-0.15, -0.1) is 0 Å². The summed E-state index contributed by atoms with van der Waals surface area (Å²) in [7, 11) is 0. The summed E-state index contributed by atoms with van der Waals surface area (Å²) < 4.78 is 0. The van der Waals surface area contributed by atoms with Gasteiger partial charge in [0.05, 0.1) is 0 Å². The molecule has 0 spiro atoms. The molecule has 1 aliphatic carbocycles. The van der Waals surface area contributed by atoms with Gasteiger partial charge in [0.25, 0.3) is 0 Å². The molecular weight excluding hydrogens is 242 g/mol. The van der Waals surface area contributed by atoms with Gasteiger partial charge < -0.3 is 5.32 Å². The van der Waals surface area contributed by atoms with Crippen molar-refractivity contribution in [2.45, 2.75) is 46.2 Å². The average molecular weight is 269 g/mol. The van der Waals surface area contributed by atoms with E-state index in [2.05, 4.69) is 74.7 Å². The topological polar surface area (TPSA) is 12.0 Å². The van der Waals surface area contributed by atoms with Crippen molar-refractivity contribution >= 4 is 0 Å². The van der Waals surface area contributed by atoms with Crippen LogP contribution in [0.25, 0.3) is 0 Å². The van der Waals surface area contributed by atoms with Crippen LogP contribution >= 0.6 is 0 Å². The molecule has 0 saturated carbocycles. The lowest BCUT2D eigenvalue weighted by atomic mass is 9.92. The Bertz CT molecular complexity index is 472. The lowest BCUT2D eigenvalue weighted by molar-refractivity contribution is 0.499. The van der Waals surface area contributed by atoms with Crippen molar-refractivity contribution in [3.8, 4) is 0 Å². The zero-order chi connectivity index (χ0) is 14.4. The highest BCUT2D eigenvalue weighted by Crippen LogP contribution is 2.21. The van der Waals surface area contributed by atoms with E-state index in [1.54, 1.807) is 0 Å². The van der Waals surface area contributed by atoms with Crippen LogP contribution in [0.5, 0.6) is 0 Å². The lowest BCUT2D eigenvalue weighted by Gasteiger charge is -2.13. The SMILES string of the molecule is CCc1cccc(CNC2C=CC(C)C(CC)C=C2)c1. The average Bonchev–Trinajstić information content (AvgIpc) is 2.67. The second-order valence-electron chi connectivity index (χ2n) is 5.78. The molecule has 3 unspecified atom stereocenters. The van der Waals surface area contributed by atoms with Gasteiger partial charge >= 0.3 is 0 Å². The molecule has 1 heteroatoms. The normalized spacial score (nSPS) is 25.6. The van der Waals surface area contributed by atoms with Crippen molar-refractivity contribution in [1.29, 1.82) is 0 Å². The number of hydrogen-bond acceptors (Lipinski definition) is 1. The van der Waals surface area contributed by atoms with Crippen molar-refractivity contribution < 1.29 is 0 Å². The molecule has 3 atom stereocenters. The summed E-state index contributed by atoms with van der Waals surface area (Å²) in [5.41, 5.74) is 2.78. The monoisotopic (exact) mass is 269 g/mol. The van der Waals surface area contributed by atoms with E-state index in [1.165, 1.54) is 17.5 Å². The highest BCUT2D eigenvalue weighted by atomic mass is 14.9. The van der Waals surface area contributed by atoms with Crippen LogP contribution in [-0.4, -0.2) is 6.04 Å². The van der Waals surface area contributed by atoms with Crippen molar-refractivity contribution in [1.82, 2.24) is 5.32 Å². The van der Waals surface area contributed by atoms with Crippen molar-refractivity contribution in [2.24, 2.45) is 11.8 Å². The van der Waals surface area contributed by atoms with E-state index >= 15 is 0 Å². The minimum absolute atomic E-state index is 0.360. The Morgan fingerprint density at radius 2 is 1.75 bits per heavy atom. The Balaban J connectivity index is 1.95. The Hall–Kier alpha value is -1.34. The molecule has 0 amide bonds. The van der Waals surface area contributed by atoms with Crippen molar-refractivity contribution in [3.63, 3.8) is 0 Å². The van der Waals surface area contributed by atoms with E-state index in [1.807, 2.05) is 0 Å². The van der Waals surface area contributed by atoms with Crippen LogP contribution < -0.4 is 5.32 Å². The fourth-order valence-corrected chi connectivity index (χ4v) is 2.78. The predicted molar refractivity (Wildman–Crippen MR) is 87.7 cm³/mol. The van der Waals surface area contributed by atoms with Crippen molar-refractivity contribution in [2.75, 3.05) is 0 Å². The summed E-state index contributed by atoms with van der Waals surface area (Å²) in [6.45, 7) is 7.71. The van der Waals surface area contributed by atoms with E-state index in [9.17, 15) is 0 Å². The zero-order valence-electron chi connectivity index (χ0n) is 13.0. The molecule has 108 valence electrons. The molecular formula is C19H27N. The molecule has 0 aromatic heterocycles. The van der Waals surface area contributed by atoms with E-state index in [-0.39, 0.29) is 0 Å². The maximum Gasteiger partial charge on any atom is 0.0438 e. The first-order chi connectivity index (χ1) is 9.72. The minimum atomic E-state index is 0.360. The minimum Gasteiger partial charge on any atom is -0.303 e.